The third-order valence-corrected chi connectivity index (χ3v) is 4.31. The second kappa shape index (κ2) is 5.01. The summed E-state index contributed by atoms with van der Waals surface area (Å²) in [5.74, 6) is 0.785. The molecule has 0 amide bonds. The van der Waals surface area contributed by atoms with Gasteiger partial charge in [0.2, 0.25) is 0 Å². The standard InChI is InChI=1S/C12H13ClN2O2S/c13-11-2-1-10(18-11)12-8(5-14-17-12)6-15-4-3-9(16)7-15/h1-2,5,9,16H,3-4,6-7H2. The largest absolute Gasteiger partial charge is 0.392 e. The summed E-state index contributed by atoms with van der Waals surface area (Å²) in [7, 11) is 0. The molecule has 96 valence electrons. The highest BCUT2D eigenvalue weighted by Gasteiger charge is 2.22. The summed E-state index contributed by atoms with van der Waals surface area (Å²) in [5, 5.41) is 13.4. The predicted octanol–water partition coefficient (Wildman–Crippen LogP) is 2.62. The summed E-state index contributed by atoms with van der Waals surface area (Å²) in [4.78, 5) is 3.20. The molecule has 0 radical (unpaired) electrons. The van der Waals surface area contributed by atoms with E-state index < -0.39 is 0 Å². The number of nitrogens with zero attached hydrogens (tertiary/aromatic N) is 2. The number of rotatable bonds is 3. The molecule has 3 rings (SSSR count). The molecule has 1 atom stereocenters. The number of aliphatic hydroxyl groups is 1. The van der Waals surface area contributed by atoms with Crippen LogP contribution in [0.15, 0.2) is 22.9 Å². The first-order chi connectivity index (χ1) is 8.72. The number of aromatic nitrogens is 1. The number of aliphatic hydroxyl groups excluding tert-OH is 1. The van der Waals surface area contributed by atoms with E-state index in [1.165, 1.54) is 11.3 Å². The third-order valence-electron chi connectivity index (χ3n) is 3.08. The average Bonchev–Trinajstić information content (AvgIpc) is 3.01. The van der Waals surface area contributed by atoms with Crippen LogP contribution < -0.4 is 0 Å². The van der Waals surface area contributed by atoms with Crippen molar-refractivity contribution in [3.63, 3.8) is 0 Å². The van der Waals surface area contributed by atoms with Crippen LogP contribution >= 0.6 is 22.9 Å². The molecule has 0 bridgehead atoms. The Hall–Kier alpha value is -0.880. The smallest absolute Gasteiger partial charge is 0.181 e. The lowest BCUT2D eigenvalue weighted by atomic mass is 10.2. The Morgan fingerprint density at radius 2 is 2.44 bits per heavy atom. The van der Waals surface area contributed by atoms with Gasteiger partial charge in [0.1, 0.15) is 0 Å². The van der Waals surface area contributed by atoms with Crippen molar-refractivity contribution >= 4 is 22.9 Å². The lowest BCUT2D eigenvalue weighted by molar-refractivity contribution is 0.175. The summed E-state index contributed by atoms with van der Waals surface area (Å²) >= 11 is 7.41. The molecule has 1 saturated heterocycles. The van der Waals surface area contributed by atoms with Gasteiger partial charge in [-0.1, -0.05) is 16.8 Å². The van der Waals surface area contributed by atoms with E-state index in [4.69, 9.17) is 16.1 Å². The monoisotopic (exact) mass is 284 g/mol. The lowest BCUT2D eigenvalue weighted by Crippen LogP contribution is -2.21. The van der Waals surface area contributed by atoms with E-state index in [-0.39, 0.29) is 6.10 Å². The zero-order valence-corrected chi connectivity index (χ0v) is 11.2. The number of hydrogen-bond acceptors (Lipinski definition) is 5. The maximum absolute atomic E-state index is 9.52. The summed E-state index contributed by atoms with van der Waals surface area (Å²) in [6.45, 7) is 2.39. The normalized spacial score (nSPS) is 20.7. The molecule has 3 heterocycles. The van der Waals surface area contributed by atoms with Gasteiger partial charge in [-0.25, -0.2) is 0 Å². The quantitative estimate of drug-likeness (QED) is 0.941. The van der Waals surface area contributed by atoms with Gasteiger partial charge in [0.05, 0.1) is 21.5 Å². The van der Waals surface area contributed by atoms with Gasteiger partial charge in [0.25, 0.3) is 0 Å². The van der Waals surface area contributed by atoms with Gasteiger partial charge in [-0.2, -0.15) is 0 Å². The minimum absolute atomic E-state index is 0.204. The van der Waals surface area contributed by atoms with Crippen LogP contribution in [0.3, 0.4) is 0 Å². The van der Waals surface area contributed by atoms with E-state index in [1.54, 1.807) is 6.20 Å². The van der Waals surface area contributed by atoms with Crippen LogP contribution in [0.1, 0.15) is 12.0 Å². The molecule has 1 N–H and O–H groups in total. The SMILES string of the molecule is OC1CCN(Cc2cnoc2-c2ccc(Cl)s2)C1. The fraction of sp³-hybridized carbons (Fsp3) is 0.417. The molecule has 1 fully saturated rings. The number of β-amino-alcohol motifs (C(OH)–C–C–N with tert-alkyl or cyclic N) is 1. The van der Waals surface area contributed by atoms with Crippen LogP contribution in [0.2, 0.25) is 4.34 Å². The van der Waals surface area contributed by atoms with E-state index in [2.05, 4.69) is 10.1 Å². The summed E-state index contributed by atoms with van der Waals surface area (Å²) in [6.07, 6.45) is 2.38. The van der Waals surface area contributed by atoms with Crippen molar-refractivity contribution in [2.45, 2.75) is 19.1 Å². The first-order valence-electron chi connectivity index (χ1n) is 5.82. The molecule has 18 heavy (non-hydrogen) atoms. The Morgan fingerprint density at radius 1 is 1.56 bits per heavy atom. The molecular weight excluding hydrogens is 272 g/mol. The topological polar surface area (TPSA) is 49.5 Å². The number of likely N-dealkylation sites (tertiary alicyclic amines) is 1. The fourth-order valence-electron chi connectivity index (χ4n) is 2.21. The zero-order valence-electron chi connectivity index (χ0n) is 9.67. The number of hydrogen-bond donors (Lipinski definition) is 1. The fourth-order valence-corrected chi connectivity index (χ4v) is 3.26. The highest BCUT2D eigenvalue weighted by Crippen LogP contribution is 2.33. The number of thiophene rings is 1. The molecule has 0 saturated carbocycles. The highest BCUT2D eigenvalue weighted by molar-refractivity contribution is 7.19. The lowest BCUT2D eigenvalue weighted by Gasteiger charge is -2.13. The Balaban J connectivity index is 1.79. The van der Waals surface area contributed by atoms with E-state index in [9.17, 15) is 5.11 Å². The van der Waals surface area contributed by atoms with E-state index in [1.807, 2.05) is 12.1 Å². The number of halogens is 1. The van der Waals surface area contributed by atoms with Crippen LogP contribution in [0, 0.1) is 0 Å². The Kier molecular flexibility index (Phi) is 3.39. The highest BCUT2D eigenvalue weighted by atomic mass is 35.5. The molecule has 1 aliphatic heterocycles. The zero-order chi connectivity index (χ0) is 12.5. The van der Waals surface area contributed by atoms with Crippen molar-refractivity contribution in [1.82, 2.24) is 10.1 Å². The molecular formula is C12H13ClN2O2S. The maximum Gasteiger partial charge on any atom is 0.181 e. The van der Waals surface area contributed by atoms with Crippen LogP contribution in [-0.2, 0) is 6.54 Å². The molecule has 4 nitrogen and oxygen atoms in total. The summed E-state index contributed by atoms with van der Waals surface area (Å²) < 4.78 is 6.05. The summed E-state index contributed by atoms with van der Waals surface area (Å²) in [6, 6.07) is 3.79. The van der Waals surface area contributed by atoms with Crippen molar-refractivity contribution in [1.29, 1.82) is 0 Å². The van der Waals surface area contributed by atoms with Crippen molar-refractivity contribution in [2.75, 3.05) is 13.1 Å². The van der Waals surface area contributed by atoms with E-state index in [0.717, 1.165) is 46.6 Å². The van der Waals surface area contributed by atoms with Crippen LogP contribution in [0.25, 0.3) is 10.6 Å². The Morgan fingerprint density at radius 3 is 3.11 bits per heavy atom. The minimum Gasteiger partial charge on any atom is -0.392 e. The minimum atomic E-state index is -0.204. The van der Waals surface area contributed by atoms with Gasteiger partial charge in [-0.15, -0.1) is 11.3 Å². The van der Waals surface area contributed by atoms with Crippen molar-refractivity contribution in [3.8, 4) is 10.6 Å². The van der Waals surface area contributed by atoms with Gasteiger partial charge in [-0.3, -0.25) is 4.90 Å². The second-order valence-corrected chi connectivity index (χ2v) is 6.18. The third kappa shape index (κ3) is 2.44. The molecule has 0 aliphatic carbocycles. The molecule has 0 aromatic carbocycles. The molecule has 2 aromatic rings. The van der Waals surface area contributed by atoms with Crippen molar-refractivity contribution in [2.24, 2.45) is 0 Å². The van der Waals surface area contributed by atoms with E-state index >= 15 is 0 Å². The first kappa shape index (κ1) is 12.2. The van der Waals surface area contributed by atoms with E-state index in [0.29, 0.717) is 0 Å². The molecule has 1 aliphatic rings. The predicted molar refractivity (Wildman–Crippen MR) is 70.7 cm³/mol. The van der Waals surface area contributed by atoms with Gasteiger partial charge >= 0.3 is 0 Å². The maximum atomic E-state index is 9.52. The van der Waals surface area contributed by atoms with Crippen molar-refractivity contribution < 1.29 is 9.63 Å². The second-order valence-electron chi connectivity index (χ2n) is 4.46. The molecule has 2 aromatic heterocycles. The van der Waals surface area contributed by atoms with Gasteiger partial charge in [0, 0.05) is 25.2 Å². The molecule has 0 spiro atoms. The Labute approximate surface area is 114 Å². The van der Waals surface area contributed by atoms with Gasteiger partial charge in [0.15, 0.2) is 5.76 Å². The van der Waals surface area contributed by atoms with Gasteiger partial charge < -0.3 is 9.63 Å². The van der Waals surface area contributed by atoms with Crippen LogP contribution in [-0.4, -0.2) is 34.4 Å². The average molecular weight is 285 g/mol. The van der Waals surface area contributed by atoms with Gasteiger partial charge in [-0.05, 0) is 18.6 Å². The van der Waals surface area contributed by atoms with Crippen LogP contribution in [0.5, 0.6) is 0 Å². The van der Waals surface area contributed by atoms with Crippen molar-refractivity contribution in [3.05, 3.63) is 28.2 Å². The van der Waals surface area contributed by atoms with Crippen LogP contribution in [0.4, 0.5) is 0 Å². The molecule has 6 heteroatoms. The Bertz CT molecular complexity index is 540. The molecule has 1 unspecified atom stereocenters. The summed E-state index contributed by atoms with van der Waals surface area (Å²) in [5.41, 5.74) is 1.04. The first-order valence-corrected chi connectivity index (χ1v) is 7.01.